The van der Waals surface area contributed by atoms with Gasteiger partial charge >= 0.3 is 0 Å². The van der Waals surface area contributed by atoms with Gasteiger partial charge in [0.1, 0.15) is 5.76 Å². The molecule has 18 heavy (non-hydrogen) atoms. The Labute approximate surface area is 109 Å². The molecule has 0 fully saturated rings. The van der Waals surface area contributed by atoms with Crippen LogP contribution < -0.4 is 5.32 Å². The van der Waals surface area contributed by atoms with Gasteiger partial charge in [0.2, 0.25) is 0 Å². The molecule has 1 aromatic heterocycles. The molecule has 0 saturated carbocycles. The van der Waals surface area contributed by atoms with Crippen LogP contribution in [0.2, 0.25) is 0 Å². The van der Waals surface area contributed by atoms with Gasteiger partial charge < -0.3 is 9.73 Å². The predicted octanol–water partition coefficient (Wildman–Crippen LogP) is 3.95. The third-order valence-electron chi connectivity index (χ3n) is 3.16. The lowest BCUT2D eigenvalue weighted by Gasteiger charge is -2.10. The summed E-state index contributed by atoms with van der Waals surface area (Å²) in [5.74, 6) is 1.01. The highest BCUT2D eigenvalue weighted by Gasteiger charge is 2.05. The Morgan fingerprint density at radius 3 is 2.61 bits per heavy atom. The Balaban J connectivity index is 1.59. The zero-order valence-corrected chi connectivity index (χ0v) is 10.9. The van der Waals surface area contributed by atoms with Crippen LogP contribution in [0.4, 0.5) is 0 Å². The SMILES string of the molecule is C[C@H](NCCCCc1ccccc1)c1ccco1. The highest BCUT2D eigenvalue weighted by molar-refractivity contribution is 5.14. The van der Waals surface area contributed by atoms with Crippen molar-refractivity contribution in [1.29, 1.82) is 0 Å². The van der Waals surface area contributed by atoms with Gasteiger partial charge in [-0.1, -0.05) is 30.3 Å². The van der Waals surface area contributed by atoms with Crippen LogP contribution in [0.3, 0.4) is 0 Å². The summed E-state index contributed by atoms with van der Waals surface area (Å²) in [7, 11) is 0. The molecule has 96 valence electrons. The Bertz CT molecular complexity index is 422. The quantitative estimate of drug-likeness (QED) is 0.745. The van der Waals surface area contributed by atoms with Crippen molar-refractivity contribution in [1.82, 2.24) is 5.32 Å². The van der Waals surface area contributed by atoms with Crippen molar-refractivity contribution >= 4 is 0 Å². The van der Waals surface area contributed by atoms with Crippen LogP contribution in [-0.2, 0) is 6.42 Å². The first kappa shape index (κ1) is 12.9. The van der Waals surface area contributed by atoms with E-state index in [1.165, 1.54) is 18.4 Å². The number of aryl methyl sites for hydroxylation is 1. The molecule has 0 bridgehead atoms. The standard InChI is InChI=1S/C16H21NO/c1-14(16-11-7-13-18-16)17-12-6-5-10-15-8-3-2-4-9-15/h2-4,7-9,11,13-14,17H,5-6,10,12H2,1H3/t14-/m0/s1. The molecule has 2 aromatic rings. The molecular formula is C16H21NO. The first-order chi connectivity index (χ1) is 8.86. The molecule has 0 saturated heterocycles. The van der Waals surface area contributed by atoms with E-state index in [9.17, 15) is 0 Å². The maximum absolute atomic E-state index is 5.36. The van der Waals surface area contributed by atoms with E-state index in [0.717, 1.165) is 18.7 Å². The van der Waals surface area contributed by atoms with Crippen molar-refractivity contribution in [3.8, 4) is 0 Å². The molecular weight excluding hydrogens is 222 g/mol. The molecule has 2 rings (SSSR count). The van der Waals surface area contributed by atoms with Crippen LogP contribution in [0.25, 0.3) is 0 Å². The molecule has 1 atom stereocenters. The van der Waals surface area contributed by atoms with E-state index in [1.807, 2.05) is 12.1 Å². The van der Waals surface area contributed by atoms with Gasteiger partial charge in [-0.25, -0.2) is 0 Å². The zero-order chi connectivity index (χ0) is 12.6. The van der Waals surface area contributed by atoms with Crippen molar-refractivity contribution in [2.75, 3.05) is 6.54 Å². The predicted molar refractivity (Wildman–Crippen MR) is 74.5 cm³/mol. The van der Waals surface area contributed by atoms with Gasteiger partial charge in [0.05, 0.1) is 12.3 Å². The van der Waals surface area contributed by atoms with Crippen LogP contribution in [-0.4, -0.2) is 6.54 Å². The summed E-state index contributed by atoms with van der Waals surface area (Å²) in [6, 6.07) is 14.9. The summed E-state index contributed by atoms with van der Waals surface area (Å²) in [6.07, 6.45) is 5.31. The van der Waals surface area contributed by atoms with Crippen LogP contribution >= 0.6 is 0 Å². The first-order valence-electron chi connectivity index (χ1n) is 6.67. The van der Waals surface area contributed by atoms with Crippen molar-refractivity contribution in [3.63, 3.8) is 0 Å². The Morgan fingerprint density at radius 1 is 1.06 bits per heavy atom. The number of hydrogen-bond donors (Lipinski definition) is 1. The third kappa shape index (κ3) is 4.04. The number of benzene rings is 1. The van der Waals surface area contributed by atoms with Gasteiger partial charge in [-0.15, -0.1) is 0 Å². The number of furan rings is 1. The van der Waals surface area contributed by atoms with E-state index in [2.05, 4.69) is 42.6 Å². The van der Waals surface area contributed by atoms with Gasteiger partial charge in [-0.3, -0.25) is 0 Å². The molecule has 2 heteroatoms. The van der Waals surface area contributed by atoms with E-state index in [-0.39, 0.29) is 0 Å². The molecule has 2 nitrogen and oxygen atoms in total. The highest BCUT2D eigenvalue weighted by Crippen LogP contribution is 2.12. The van der Waals surface area contributed by atoms with Gasteiger partial charge in [-0.2, -0.15) is 0 Å². The average Bonchev–Trinajstić information content (AvgIpc) is 2.93. The monoisotopic (exact) mass is 243 g/mol. The van der Waals surface area contributed by atoms with Gasteiger partial charge in [0.25, 0.3) is 0 Å². The van der Waals surface area contributed by atoms with Crippen LogP contribution in [0.1, 0.15) is 37.1 Å². The Morgan fingerprint density at radius 2 is 1.89 bits per heavy atom. The summed E-state index contributed by atoms with van der Waals surface area (Å²) in [6.45, 7) is 3.17. The average molecular weight is 243 g/mol. The first-order valence-corrected chi connectivity index (χ1v) is 6.67. The van der Waals surface area contributed by atoms with Gasteiger partial charge in [0.15, 0.2) is 0 Å². The Kier molecular flexibility index (Phi) is 5.03. The lowest BCUT2D eigenvalue weighted by Crippen LogP contribution is -2.19. The summed E-state index contributed by atoms with van der Waals surface area (Å²) in [5, 5.41) is 3.48. The molecule has 0 amide bonds. The molecule has 0 aliphatic carbocycles. The van der Waals surface area contributed by atoms with Crippen LogP contribution in [0, 0.1) is 0 Å². The second-order valence-electron chi connectivity index (χ2n) is 4.63. The molecule has 1 heterocycles. The fraction of sp³-hybridized carbons (Fsp3) is 0.375. The maximum Gasteiger partial charge on any atom is 0.120 e. The van der Waals surface area contributed by atoms with Gasteiger partial charge in [0, 0.05) is 0 Å². The Hall–Kier alpha value is -1.54. The fourth-order valence-corrected chi connectivity index (χ4v) is 2.06. The maximum atomic E-state index is 5.36. The summed E-state index contributed by atoms with van der Waals surface area (Å²) >= 11 is 0. The second-order valence-corrected chi connectivity index (χ2v) is 4.63. The largest absolute Gasteiger partial charge is 0.468 e. The van der Waals surface area contributed by atoms with Crippen molar-refractivity contribution in [3.05, 3.63) is 60.1 Å². The number of nitrogens with one attached hydrogen (secondary N) is 1. The lowest BCUT2D eigenvalue weighted by molar-refractivity contribution is 0.427. The van der Waals surface area contributed by atoms with E-state index < -0.39 is 0 Å². The summed E-state index contributed by atoms with van der Waals surface area (Å²) < 4.78 is 5.36. The molecule has 0 spiro atoms. The molecule has 1 N–H and O–H groups in total. The van der Waals surface area contributed by atoms with E-state index >= 15 is 0 Å². The topological polar surface area (TPSA) is 25.2 Å². The minimum Gasteiger partial charge on any atom is -0.468 e. The molecule has 0 aliphatic rings. The van der Waals surface area contributed by atoms with E-state index in [4.69, 9.17) is 4.42 Å². The summed E-state index contributed by atoms with van der Waals surface area (Å²) in [4.78, 5) is 0. The molecule has 0 aliphatic heterocycles. The number of rotatable bonds is 7. The summed E-state index contributed by atoms with van der Waals surface area (Å²) in [5.41, 5.74) is 1.43. The lowest BCUT2D eigenvalue weighted by atomic mass is 10.1. The van der Waals surface area contributed by atoms with Crippen LogP contribution in [0.5, 0.6) is 0 Å². The number of unbranched alkanes of at least 4 members (excludes halogenated alkanes) is 1. The molecule has 1 aromatic carbocycles. The van der Waals surface area contributed by atoms with Crippen LogP contribution in [0.15, 0.2) is 53.1 Å². The normalized spacial score (nSPS) is 12.5. The van der Waals surface area contributed by atoms with E-state index in [0.29, 0.717) is 6.04 Å². The number of hydrogen-bond acceptors (Lipinski definition) is 2. The van der Waals surface area contributed by atoms with Gasteiger partial charge in [-0.05, 0) is 50.4 Å². The third-order valence-corrected chi connectivity index (χ3v) is 3.16. The molecule has 0 radical (unpaired) electrons. The minimum atomic E-state index is 0.303. The fourth-order valence-electron chi connectivity index (χ4n) is 2.06. The minimum absolute atomic E-state index is 0.303. The smallest absolute Gasteiger partial charge is 0.120 e. The van der Waals surface area contributed by atoms with E-state index in [1.54, 1.807) is 6.26 Å². The molecule has 0 unspecified atom stereocenters. The highest BCUT2D eigenvalue weighted by atomic mass is 16.3. The zero-order valence-electron chi connectivity index (χ0n) is 10.9. The van der Waals surface area contributed by atoms with Crippen molar-refractivity contribution in [2.45, 2.75) is 32.2 Å². The van der Waals surface area contributed by atoms with Crippen molar-refractivity contribution in [2.24, 2.45) is 0 Å². The second kappa shape index (κ2) is 7.02. The van der Waals surface area contributed by atoms with Crippen molar-refractivity contribution < 1.29 is 4.42 Å².